The number of carbonyl (C=O) groups excluding carboxylic acids is 1. The van der Waals surface area contributed by atoms with Gasteiger partial charge in [0, 0.05) is 0 Å². The number of anilines is 1. The van der Waals surface area contributed by atoms with Crippen molar-refractivity contribution in [3.63, 3.8) is 0 Å². The summed E-state index contributed by atoms with van der Waals surface area (Å²) < 4.78 is 39.7. The van der Waals surface area contributed by atoms with Crippen LogP contribution in [0.4, 0.5) is 10.1 Å². The van der Waals surface area contributed by atoms with Crippen LogP contribution in [0, 0.1) is 5.82 Å². The molecule has 0 fully saturated rings. The van der Waals surface area contributed by atoms with Gasteiger partial charge in [-0.1, -0.05) is 36.7 Å². The van der Waals surface area contributed by atoms with E-state index < -0.39 is 27.8 Å². The van der Waals surface area contributed by atoms with Gasteiger partial charge < -0.3 is 5.32 Å². The normalized spacial score (nSPS) is 15.6. The second kappa shape index (κ2) is 9.57. The Kier molecular flexibility index (Phi) is 7.27. The molecule has 2 atom stereocenters. The van der Waals surface area contributed by atoms with Gasteiger partial charge in [0.1, 0.15) is 11.9 Å². The topological polar surface area (TPSA) is 66.5 Å². The van der Waals surface area contributed by atoms with Crippen molar-refractivity contribution in [1.82, 2.24) is 5.32 Å². The zero-order valence-corrected chi connectivity index (χ0v) is 19.6. The number of hydrogen-bond donors (Lipinski definition) is 1. The van der Waals surface area contributed by atoms with E-state index in [1.165, 1.54) is 36.1 Å². The minimum absolute atomic E-state index is 0.150. The Bertz CT molecular complexity index is 1070. The molecule has 0 unspecified atom stereocenters. The van der Waals surface area contributed by atoms with Gasteiger partial charge in [0.05, 0.1) is 23.0 Å². The number of hydrogen-bond acceptors (Lipinski definition) is 3. The molecule has 8 heteroatoms. The number of halogens is 2. The van der Waals surface area contributed by atoms with Gasteiger partial charge in [0.25, 0.3) is 0 Å². The summed E-state index contributed by atoms with van der Waals surface area (Å²) in [6, 6.07) is 8.62. The maximum atomic E-state index is 13.6. The van der Waals surface area contributed by atoms with Crippen LogP contribution in [0.15, 0.2) is 36.4 Å². The first-order valence-corrected chi connectivity index (χ1v) is 12.7. The molecule has 3 rings (SSSR count). The molecule has 1 aliphatic carbocycles. The summed E-state index contributed by atoms with van der Waals surface area (Å²) in [4.78, 5) is 13.1. The van der Waals surface area contributed by atoms with Crippen LogP contribution in [-0.2, 0) is 27.7 Å². The zero-order chi connectivity index (χ0) is 22.8. The Balaban J connectivity index is 1.85. The SMILES string of the molecule is CC[C@@H](C(=O)N[C@H](C)c1ccc2c(c1)CCCC2)N(c1ccc(F)c(Cl)c1)S(C)(=O)=O. The third-order valence-electron chi connectivity index (χ3n) is 5.72. The van der Waals surface area contributed by atoms with Crippen LogP contribution in [0.1, 0.15) is 55.8 Å². The van der Waals surface area contributed by atoms with Gasteiger partial charge in [-0.15, -0.1) is 0 Å². The molecule has 0 saturated heterocycles. The fraction of sp³-hybridized carbons (Fsp3) is 0.435. The molecular weight excluding hydrogens is 439 g/mol. The lowest BCUT2D eigenvalue weighted by molar-refractivity contribution is -0.122. The molecule has 1 aliphatic rings. The van der Waals surface area contributed by atoms with Crippen molar-refractivity contribution in [2.24, 2.45) is 0 Å². The van der Waals surface area contributed by atoms with Crippen molar-refractivity contribution in [3.05, 3.63) is 63.9 Å². The molecule has 2 aromatic rings. The lowest BCUT2D eigenvalue weighted by Crippen LogP contribution is -2.49. The lowest BCUT2D eigenvalue weighted by atomic mass is 9.89. The highest BCUT2D eigenvalue weighted by Gasteiger charge is 2.32. The van der Waals surface area contributed by atoms with Gasteiger partial charge in [-0.25, -0.2) is 12.8 Å². The van der Waals surface area contributed by atoms with E-state index in [0.29, 0.717) is 0 Å². The predicted octanol–water partition coefficient (Wildman–Crippen LogP) is 4.78. The summed E-state index contributed by atoms with van der Waals surface area (Å²) in [6.45, 7) is 3.62. The number of amides is 1. The fourth-order valence-corrected chi connectivity index (χ4v) is 5.48. The molecule has 0 heterocycles. The van der Waals surface area contributed by atoms with E-state index >= 15 is 0 Å². The number of fused-ring (bicyclic) bond motifs is 1. The van der Waals surface area contributed by atoms with Crippen LogP contribution >= 0.6 is 11.6 Å². The molecule has 1 N–H and O–H groups in total. The van der Waals surface area contributed by atoms with E-state index in [4.69, 9.17) is 11.6 Å². The molecule has 2 aromatic carbocycles. The third-order valence-corrected chi connectivity index (χ3v) is 7.19. The average Bonchev–Trinajstić information content (AvgIpc) is 2.72. The first-order valence-electron chi connectivity index (χ1n) is 10.5. The minimum Gasteiger partial charge on any atom is -0.348 e. The highest BCUT2D eigenvalue weighted by Crippen LogP contribution is 2.28. The Hall–Kier alpha value is -2.12. The Morgan fingerprint density at radius 1 is 1.16 bits per heavy atom. The zero-order valence-electron chi connectivity index (χ0n) is 18.0. The number of sulfonamides is 1. The second-order valence-corrected chi connectivity index (χ2v) is 10.3. The fourth-order valence-electron chi connectivity index (χ4n) is 4.10. The predicted molar refractivity (Wildman–Crippen MR) is 122 cm³/mol. The quantitative estimate of drug-likeness (QED) is 0.638. The summed E-state index contributed by atoms with van der Waals surface area (Å²) in [6.07, 6.45) is 5.74. The molecule has 168 valence electrons. The lowest BCUT2D eigenvalue weighted by Gasteiger charge is -2.31. The molecule has 31 heavy (non-hydrogen) atoms. The smallest absolute Gasteiger partial charge is 0.244 e. The summed E-state index contributed by atoms with van der Waals surface area (Å²) in [7, 11) is -3.83. The maximum Gasteiger partial charge on any atom is 0.244 e. The number of nitrogens with zero attached hydrogens (tertiary/aromatic N) is 1. The maximum absolute atomic E-state index is 13.6. The standard InChI is InChI=1S/C23H28ClFN2O3S/c1-4-22(27(31(3,29)30)19-11-12-21(25)20(24)14-19)23(28)26-15(2)17-10-9-16-7-5-6-8-18(16)13-17/h9-15,22H,4-8H2,1-3H3,(H,26,28)/t15-,22+/m1/s1. The molecule has 0 aliphatic heterocycles. The van der Waals surface area contributed by atoms with Crippen LogP contribution in [0.5, 0.6) is 0 Å². The molecule has 0 bridgehead atoms. The number of nitrogens with one attached hydrogen (secondary N) is 1. The van der Waals surface area contributed by atoms with E-state index in [-0.39, 0.29) is 23.2 Å². The largest absolute Gasteiger partial charge is 0.348 e. The van der Waals surface area contributed by atoms with Crippen molar-refractivity contribution >= 4 is 33.2 Å². The van der Waals surface area contributed by atoms with Crippen molar-refractivity contribution < 1.29 is 17.6 Å². The monoisotopic (exact) mass is 466 g/mol. The number of rotatable bonds is 7. The van der Waals surface area contributed by atoms with Crippen LogP contribution in [0.3, 0.4) is 0 Å². The molecule has 0 radical (unpaired) electrons. The van der Waals surface area contributed by atoms with Crippen LogP contribution in [-0.4, -0.2) is 26.6 Å². The van der Waals surface area contributed by atoms with Crippen molar-refractivity contribution in [2.45, 2.75) is 58.0 Å². The summed E-state index contributed by atoms with van der Waals surface area (Å²) in [5.74, 6) is -1.07. The van der Waals surface area contributed by atoms with Crippen LogP contribution < -0.4 is 9.62 Å². The van der Waals surface area contributed by atoms with Crippen LogP contribution in [0.25, 0.3) is 0 Å². The summed E-state index contributed by atoms with van der Waals surface area (Å²) in [5, 5.41) is 2.75. The number of carbonyl (C=O) groups is 1. The van der Waals surface area contributed by atoms with Crippen LogP contribution in [0.2, 0.25) is 5.02 Å². The van der Waals surface area contributed by atoms with Crippen molar-refractivity contribution in [1.29, 1.82) is 0 Å². The average molecular weight is 467 g/mol. The first-order chi connectivity index (χ1) is 14.6. The number of benzene rings is 2. The number of aryl methyl sites for hydroxylation is 2. The molecule has 1 amide bonds. The van der Waals surface area contributed by atoms with Crippen molar-refractivity contribution in [3.8, 4) is 0 Å². The van der Waals surface area contributed by atoms with E-state index in [9.17, 15) is 17.6 Å². The van der Waals surface area contributed by atoms with E-state index in [0.717, 1.165) is 35.0 Å². The van der Waals surface area contributed by atoms with Crippen molar-refractivity contribution in [2.75, 3.05) is 10.6 Å². The summed E-state index contributed by atoms with van der Waals surface area (Å²) in [5.41, 5.74) is 3.81. The molecular formula is C23H28ClFN2O3S. The van der Waals surface area contributed by atoms with Gasteiger partial charge in [-0.3, -0.25) is 9.10 Å². The highest BCUT2D eigenvalue weighted by atomic mass is 35.5. The van der Waals surface area contributed by atoms with Gasteiger partial charge in [-0.2, -0.15) is 0 Å². The van der Waals surface area contributed by atoms with Gasteiger partial charge >= 0.3 is 0 Å². The Morgan fingerprint density at radius 3 is 2.45 bits per heavy atom. The second-order valence-electron chi connectivity index (χ2n) is 8.05. The third kappa shape index (κ3) is 5.39. The highest BCUT2D eigenvalue weighted by molar-refractivity contribution is 7.92. The van der Waals surface area contributed by atoms with Gasteiger partial charge in [-0.05, 0) is 73.9 Å². The molecule has 0 spiro atoms. The molecule has 0 aromatic heterocycles. The van der Waals surface area contributed by atoms with Gasteiger partial charge in [0.15, 0.2) is 0 Å². The van der Waals surface area contributed by atoms with Gasteiger partial charge in [0.2, 0.25) is 15.9 Å². The summed E-state index contributed by atoms with van der Waals surface area (Å²) >= 11 is 5.86. The molecule has 5 nitrogen and oxygen atoms in total. The molecule has 0 saturated carbocycles. The van der Waals surface area contributed by atoms with E-state index in [1.807, 2.05) is 13.0 Å². The Morgan fingerprint density at radius 2 is 1.84 bits per heavy atom. The van der Waals surface area contributed by atoms with E-state index in [1.54, 1.807) is 6.92 Å². The first kappa shape index (κ1) is 23.5. The minimum atomic E-state index is -3.83. The van der Waals surface area contributed by atoms with E-state index in [2.05, 4.69) is 17.4 Å². The Labute approximate surface area is 188 Å².